The van der Waals surface area contributed by atoms with E-state index < -0.39 is 85.9 Å². The van der Waals surface area contributed by atoms with Crippen LogP contribution in [0.25, 0.3) is 0 Å². The summed E-state index contributed by atoms with van der Waals surface area (Å²) in [5.41, 5.74) is -2.25. The second-order valence-electron chi connectivity index (χ2n) is 7.13. The summed E-state index contributed by atoms with van der Waals surface area (Å²) in [5.74, 6) is -13.1. The average Bonchev–Trinajstić information content (AvgIpc) is 2.86. The number of carbonyl (C=O) groups is 2. The van der Waals surface area contributed by atoms with Crippen LogP contribution in [0, 0.1) is 0 Å². The molecular formula is C14H16F6N2O3. The van der Waals surface area contributed by atoms with Crippen LogP contribution in [0.4, 0.5) is 26.3 Å². The average molecular weight is 374 g/mol. The standard InChI is InChI=1S/C14H16F6N2O3/c15-12(16)2-1-11(5-12)10(25)14(19,20)6-22(11)9(24)8(23)21-7-3-13(17,18)4-7/h7,10,25H,1-6H2,(H,21,23)/t10-,11-/m0/s1. The van der Waals surface area contributed by atoms with Crippen LogP contribution in [0.3, 0.4) is 0 Å². The van der Waals surface area contributed by atoms with Crippen LogP contribution in [0.5, 0.6) is 0 Å². The number of hydrogen-bond acceptors (Lipinski definition) is 3. The second-order valence-corrected chi connectivity index (χ2v) is 7.13. The molecule has 142 valence electrons. The van der Waals surface area contributed by atoms with Crippen LogP contribution in [-0.2, 0) is 9.59 Å². The van der Waals surface area contributed by atoms with E-state index in [0.717, 1.165) is 0 Å². The number of nitrogens with one attached hydrogen (secondary N) is 1. The Morgan fingerprint density at radius 3 is 2.08 bits per heavy atom. The number of halogens is 6. The fraction of sp³-hybridized carbons (Fsp3) is 0.857. The monoisotopic (exact) mass is 374 g/mol. The molecule has 0 aromatic carbocycles. The summed E-state index contributed by atoms with van der Waals surface area (Å²) in [6, 6.07) is -0.986. The van der Waals surface area contributed by atoms with Crippen molar-refractivity contribution in [2.75, 3.05) is 6.54 Å². The molecule has 3 rings (SSSR count). The van der Waals surface area contributed by atoms with E-state index in [1.54, 1.807) is 0 Å². The van der Waals surface area contributed by atoms with Crippen LogP contribution in [-0.4, -0.2) is 63.8 Å². The van der Waals surface area contributed by atoms with Crippen molar-refractivity contribution in [1.29, 1.82) is 0 Å². The number of carbonyl (C=O) groups excluding carboxylic acids is 2. The highest BCUT2D eigenvalue weighted by atomic mass is 19.3. The Balaban J connectivity index is 1.77. The number of rotatable bonds is 1. The van der Waals surface area contributed by atoms with Crippen LogP contribution in [0.1, 0.15) is 32.1 Å². The Hall–Kier alpha value is -1.52. The van der Waals surface area contributed by atoms with E-state index in [4.69, 9.17) is 0 Å². The van der Waals surface area contributed by atoms with Gasteiger partial charge in [-0.2, -0.15) is 0 Å². The minimum Gasteiger partial charge on any atom is -0.384 e. The SMILES string of the molecule is O=C(NC1CC(F)(F)C1)C(=O)N1CC(F)(F)[C@@H](O)[C@@]12CCC(F)(F)C2. The summed E-state index contributed by atoms with van der Waals surface area (Å²) in [5, 5.41) is 11.8. The summed E-state index contributed by atoms with van der Waals surface area (Å²) < 4.78 is 80.5. The topological polar surface area (TPSA) is 69.6 Å². The van der Waals surface area contributed by atoms with E-state index >= 15 is 0 Å². The van der Waals surface area contributed by atoms with Gasteiger partial charge < -0.3 is 15.3 Å². The number of alkyl halides is 6. The minimum atomic E-state index is -3.85. The van der Waals surface area contributed by atoms with Crippen LogP contribution in [0.2, 0.25) is 0 Å². The van der Waals surface area contributed by atoms with E-state index in [1.165, 1.54) is 0 Å². The molecule has 3 fully saturated rings. The quantitative estimate of drug-likeness (QED) is 0.537. The van der Waals surface area contributed by atoms with Crippen molar-refractivity contribution in [3.8, 4) is 0 Å². The van der Waals surface area contributed by atoms with Crippen LogP contribution < -0.4 is 5.32 Å². The van der Waals surface area contributed by atoms with Gasteiger partial charge in [-0.3, -0.25) is 9.59 Å². The predicted octanol–water partition coefficient (Wildman–Crippen LogP) is 1.30. The Bertz CT molecular complexity index is 605. The molecule has 1 spiro atoms. The molecule has 2 aliphatic carbocycles. The van der Waals surface area contributed by atoms with Gasteiger partial charge >= 0.3 is 11.8 Å². The largest absolute Gasteiger partial charge is 0.384 e. The molecule has 0 bridgehead atoms. The van der Waals surface area contributed by atoms with E-state index in [9.17, 15) is 41.0 Å². The molecule has 5 nitrogen and oxygen atoms in total. The van der Waals surface area contributed by atoms with E-state index in [2.05, 4.69) is 0 Å². The van der Waals surface area contributed by atoms with Gasteiger partial charge in [-0.1, -0.05) is 0 Å². The maximum absolute atomic E-state index is 13.9. The summed E-state index contributed by atoms with van der Waals surface area (Å²) in [6.07, 6.45) is -6.48. The number of hydrogen-bond donors (Lipinski definition) is 2. The smallest absolute Gasteiger partial charge is 0.312 e. The lowest BCUT2D eigenvalue weighted by atomic mass is 9.88. The molecule has 0 aromatic heterocycles. The zero-order valence-electron chi connectivity index (χ0n) is 12.9. The fourth-order valence-corrected chi connectivity index (χ4v) is 3.89. The van der Waals surface area contributed by atoms with Gasteiger partial charge in [0.15, 0.2) is 0 Å². The van der Waals surface area contributed by atoms with Crippen LogP contribution >= 0.6 is 0 Å². The first-order valence-electron chi connectivity index (χ1n) is 7.72. The maximum atomic E-state index is 13.9. The number of nitrogens with zero attached hydrogens (tertiary/aromatic N) is 1. The highest BCUT2D eigenvalue weighted by Gasteiger charge is 2.69. The van der Waals surface area contributed by atoms with Crippen molar-refractivity contribution in [2.24, 2.45) is 0 Å². The first kappa shape index (κ1) is 18.3. The zero-order chi connectivity index (χ0) is 18.8. The third-order valence-electron chi connectivity index (χ3n) is 5.17. The Kier molecular flexibility index (Phi) is 3.83. The molecule has 25 heavy (non-hydrogen) atoms. The highest BCUT2D eigenvalue weighted by Crippen LogP contribution is 2.53. The molecule has 2 N–H and O–H groups in total. The molecule has 1 heterocycles. The van der Waals surface area contributed by atoms with Crippen LogP contribution in [0.15, 0.2) is 0 Å². The Labute approximate surface area is 138 Å². The van der Waals surface area contributed by atoms with Gasteiger partial charge in [0.1, 0.15) is 6.10 Å². The van der Waals surface area contributed by atoms with E-state index in [1.807, 2.05) is 5.32 Å². The normalized spacial score (nSPS) is 35.6. The van der Waals surface area contributed by atoms with E-state index in [0.29, 0.717) is 0 Å². The molecule has 2 atom stereocenters. The molecule has 0 aromatic rings. The lowest BCUT2D eigenvalue weighted by molar-refractivity contribution is -0.153. The van der Waals surface area contributed by atoms with Crippen molar-refractivity contribution in [1.82, 2.24) is 10.2 Å². The van der Waals surface area contributed by atoms with Crippen molar-refractivity contribution < 1.29 is 41.0 Å². The first-order valence-corrected chi connectivity index (χ1v) is 7.72. The zero-order valence-corrected chi connectivity index (χ0v) is 12.9. The molecule has 3 aliphatic rings. The Morgan fingerprint density at radius 2 is 1.60 bits per heavy atom. The summed E-state index contributed by atoms with van der Waals surface area (Å²) in [6.45, 7) is -1.38. The van der Waals surface area contributed by atoms with Gasteiger partial charge in [0.25, 0.3) is 17.8 Å². The number of likely N-dealkylation sites (tertiary alicyclic amines) is 1. The van der Waals surface area contributed by atoms with Crippen molar-refractivity contribution >= 4 is 11.8 Å². The lowest BCUT2D eigenvalue weighted by Gasteiger charge is -2.38. The summed E-state index contributed by atoms with van der Waals surface area (Å²) >= 11 is 0. The molecule has 1 aliphatic heterocycles. The van der Waals surface area contributed by atoms with Gasteiger partial charge in [-0.15, -0.1) is 0 Å². The highest BCUT2D eigenvalue weighted by molar-refractivity contribution is 6.35. The molecule has 0 radical (unpaired) electrons. The van der Waals surface area contributed by atoms with Gasteiger partial charge in [-0.25, -0.2) is 26.3 Å². The molecule has 2 amide bonds. The first-order chi connectivity index (χ1) is 11.3. The van der Waals surface area contributed by atoms with Crippen molar-refractivity contribution in [3.05, 3.63) is 0 Å². The van der Waals surface area contributed by atoms with Crippen molar-refractivity contribution in [3.63, 3.8) is 0 Å². The third kappa shape index (κ3) is 2.96. The summed E-state index contributed by atoms with van der Waals surface area (Å²) in [7, 11) is 0. The molecule has 11 heteroatoms. The maximum Gasteiger partial charge on any atom is 0.312 e. The van der Waals surface area contributed by atoms with Gasteiger partial charge in [0, 0.05) is 31.7 Å². The Morgan fingerprint density at radius 1 is 1.00 bits per heavy atom. The molecule has 0 unspecified atom stereocenters. The predicted molar refractivity (Wildman–Crippen MR) is 70.3 cm³/mol. The molecular weight excluding hydrogens is 358 g/mol. The van der Waals surface area contributed by atoms with Gasteiger partial charge in [0.2, 0.25) is 0 Å². The minimum absolute atomic E-state index is 0.282. The fourth-order valence-electron chi connectivity index (χ4n) is 3.89. The molecule has 2 saturated carbocycles. The van der Waals surface area contributed by atoms with Gasteiger partial charge in [-0.05, 0) is 6.42 Å². The third-order valence-corrected chi connectivity index (χ3v) is 5.17. The molecule has 1 saturated heterocycles. The van der Waals surface area contributed by atoms with Crippen molar-refractivity contribution in [2.45, 2.75) is 67.6 Å². The lowest BCUT2D eigenvalue weighted by Crippen LogP contribution is -2.58. The number of amides is 2. The summed E-state index contributed by atoms with van der Waals surface area (Å²) in [4.78, 5) is 24.4. The van der Waals surface area contributed by atoms with Gasteiger partial charge in [0.05, 0.1) is 12.1 Å². The number of aliphatic hydroxyl groups excluding tert-OH is 1. The number of aliphatic hydroxyl groups is 1. The second kappa shape index (κ2) is 5.24. The van der Waals surface area contributed by atoms with E-state index in [-0.39, 0.29) is 4.90 Å².